The van der Waals surface area contributed by atoms with Crippen molar-refractivity contribution in [1.82, 2.24) is 5.32 Å². The number of amides is 1. The van der Waals surface area contributed by atoms with Crippen molar-refractivity contribution in [2.24, 2.45) is 5.92 Å². The third-order valence-electron chi connectivity index (χ3n) is 2.96. The smallest absolute Gasteiger partial charge is 0.251 e. The molecule has 0 saturated carbocycles. The van der Waals surface area contributed by atoms with Gasteiger partial charge in [0, 0.05) is 22.0 Å². The minimum atomic E-state index is -0.0329. The van der Waals surface area contributed by atoms with Gasteiger partial charge in [-0.15, -0.1) is 11.6 Å². The fraction of sp³-hybridized carbons (Fsp3) is 0.500. The van der Waals surface area contributed by atoms with Gasteiger partial charge in [0.25, 0.3) is 5.91 Å². The van der Waals surface area contributed by atoms with Gasteiger partial charge in [-0.1, -0.05) is 29.8 Å². The largest absolute Gasteiger partial charge is 0.349 e. The Bertz CT molecular complexity index is 420. The number of nitrogens with one attached hydrogen (secondary N) is 1. The molecule has 100 valence electrons. The second kappa shape index (κ2) is 7.15. The summed E-state index contributed by atoms with van der Waals surface area (Å²) in [5.74, 6) is 0.904. The van der Waals surface area contributed by atoms with E-state index in [-0.39, 0.29) is 11.9 Å². The number of carbonyl (C=O) groups excluding carboxylic acids is 1. The van der Waals surface area contributed by atoms with Gasteiger partial charge in [-0.2, -0.15) is 0 Å². The Morgan fingerprint density at radius 1 is 1.44 bits per heavy atom. The summed E-state index contributed by atoms with van der Waals surface area (Å²) in [5, 5.41) is 3.04. The summed E-state index contributed by atoms with van der Waals surface area (Å²) >= 11 is 9.19. The van der Waals surface area contributed by atoms with Crippen molar-refractivity contribution in [2.75, 3.05) is 5.88 Å². The number of alkyl halides is 1. The Kier molecular flexibility index (Phi) is 6.16. The predicted molar refractivity (Wildman–Crippen MR) is 80.3 cm³/mol. The van der Waals surface area contributed by atoms with Crippen LogP contribution < -0.4 is 5.32 Å². The topological polar surface area (TPSA) is 29.1 Å². The molecule has 0 bridgehead atoms. The van der Waals surface area contributed by atoms with Crippen LogP contribution in [0.15, 0.2) is 22.7 Å². The maximum atomic E-state index is 12.1. The van der Waals surface area contributed by atoms with E-state index in [4.69, 9.17) is 11.6 Å². The van der Waals surface area contributed by atoms with E-state index >= 15 is 0 Å². The highest BCUT2D eigenvalue weighted by Gasteiger charge is 2.16. The summed E-state index contributed by atoms with van der Waals surface area (Å²) in [6.07, 6.45) is 0.792. The summed E-state index contributed by atoms with van der Waals surface area (Å²) < 4.78 is 1.01. The van der Waals surface area contributed by atoms with E-state index in [1.54, 1.807) is 0 Å². The van der Waals surface area contributed by atoms with E-state index in [2.05, 4.69) is 35.1 Å². The Morgan fingerprint density at radius 3 is 2.61 bits per heavy atom. The Hall–Kier alpha value is -0.540. The lowest BCUT2D eigenvalue weighted by Crippen LogP contribution is -2.38. The first-order valence-electron chi connectivity index (χ1n) is 6.08. The molecule has 18 heavy (non-hydrogen) atoms. The summed E-state index contributed by atoms with van der Waals surface area (Å²) in [6.45, 7) is 6.15. The van der Waals surface area contributed by atoms with Crippen molar-refractivity contribution >= 4 is 33.4 Å². The zero-order valence-electron chi connectivity index (χ0n) is 11.0. The highest BCUT2D eigenvalue weighted by Crippen LogP contribution is 2.17. The number of carbonyl (C=O) groups is 1. The number of aryl methyl sites for hydroxylation is 1. The molecule has 0 heterocycles. The van der Waals surface area contributed by atoms with Crippen molar-refractivity contribution in [3.05, 3.63) is 33.8 Å². The third-order valence-corrected chi connectivity index (χ3v) is 4.07. The van der Waals surface area contributed by atoms with Crippen LogP contribution in [0, 0.1) is 12.8 Å². The highest BCUT2D eigenvalue weighted by atomic mass is 79.9. The fourth-order valence-corrected chi connectivity index (χ4v) is 2.21. The van der Waals surface area contributed by atoms with Gasteiger partial charge in [-0.3, -0.25) is 4.79 Å². The predicted octanol–water partition coefficient (Wildman–Crippen LogP) is 4.14. The number of hydrogen-bond donors (Lipinski definition) is 1. The van der Waals surface area contributed by atoms with Crippen molar-refractivity contribution in [3.63, 3.8) is 0 Å². The summed E-state index contributed by atoms with van der Waals surface area (Å²) in [6, 6.07) is 5.73. The van der Waals surface area contributed by atoms with E-state index in [0.717, 1.165) is 16.5 Å². The minimum Gasteiger partial charge on any atom is -0.349 e. The summed E-state index contributed by atoms with van der Waals surface area (Å²) in [5.41, 5.74) is 1.75. The highest BCUT2D eigenvalue weighted by molar-refractivity contribution is 9.10. The van der Waals surface area contributed by atoms with E-state index in [1.165, 1.54) is 0 Å². The monoisotopic (exact) mass is 331 g/mol. The SMILES string of the molecule is Cc1cc(C(=O)NC(CCCl)C(C)C)ccc1Br. The standard InChI is InChI=1S/C14H19BrClNO/c1-9(2)13(6-7-16)17-14(18)11-4-5-12(15)10(3)8-11/h4-5,8-9,13H,6-7H2,1-3H3,(H,17,18). The van der Waals surface area contributed by atoms with Gasteiger partial charge in [0.05, 0.1) is 0 Å². The van der Waals surface area contributed by atoms with Gasteiger partial charge in [0.15, 0.2) is 0 Å². The number of benzene rings is 1. The van der Waals surface area contributed by atoms with Crippen LogP contribution in [0.4, 0.5) is 0 Å². The van der Waals surface area contributed by atoms with E-state index in [1.807, 2.05) is 25.1 Å². The average Bonchev–Trinajstić information content (AvgIpc) is 2.31. The summed E-state index contributed by atoms with van der Waals surface area (Å²) in [4.78, 5) is 12.1. The van der Waals surface area contributed by atoms with Crippen molar-refractivity contribution in [2.45, 2.75) is 33.2 Å². The van der Waals surface area contributed by atoms with Gasteiger partial charge in [-0.25, -0.2) is 0 Å². The molecule has 0 aliphatic rings. The lowest BCUT2D eigenvalue weighted by atomic mass is 10.0. The molecule has 0 radical (unpaired) electrons. The van der Waals surface area contributed by atoms with Crippen LogP contribution in [-0.2, 0) is 0 Å². The molecule has 0 aromatic heterocycles. The van der Waals surface area contributed by atoms with Crippen LogP contribution in [-0.4, -0.2) is 17.8 Å². The van der Waals surface area contributed by atoms with Crippen LogP contribution in [0.25, 0.3) is 0 Å². The number of halogens is 2. The van der Waals surface area contributed by atoms with Crippen molar-refractivity contribution < 1.29 is 4.79 Å². The van der Waals surface area contributed by atoms with Crippen LogP contribution in [0.5, 0.6) is 0 Å². The number of rotatable bonds is 5. The zero-order valence-corrected chi connectivity index (χ0v) is 13.3. The lowest BCUT2D eigenvalue weighted by molar-refractivity contribution is 0.0925. The van der Waals surface area contributed by atoms with Crippen LogP contribution >= 0.6 is 27.5 Å². The number of hydrogen-bond acceptors (Lipinski definition) is 1. The average molecular weight is 333 g/mol. The molecule has 0 aliphatic carbocycles. The molecule has 1 aromatic carbocycles. The fourth-order valence-electron chi connectivity index (χ4n) is 1.73. The normalized spacial score (nSPS) is 12.6. The third kappa shape index (κ3) is 4.29. The molecule has 1 aromatic rings. The second-order valence-electron chi connectivity index (χ2n) is 4.77. The molecular formula is C14H19BrClNO. The van der Waals surface area contributed by atoms with Gasteiger partial charge in [0.2, 0.25) is 0 Å². The van der Waals surface area contributed by atoms with Crippen molar-refractivity contribution in [3.8, 4) is 0 Å². The van der Waals surface area contributed by atoms with Gasteiger partial charge in [0.1, 0.15) is 0 Å². The maximum Gasteiger partial charge on any atom is 0.251 e. The lowest BCUT2D eigenvalue weighted by Gasteiger charge is -2.21. The van der Waals surface area contributed by atoms with Crippen molar-refractivity contribution in [1.29, 1.82) is 0 Å². The molecule has 0 saturated heterocycles. The zero-order chi connectivity index (χ0) is 13.7. The van der Waals surface area contributed by atoms with Crippen LogP contribution in [0.1, 0.15) is 36.2 Å². The quantitative estimate of drug-likeness (QED) is 0.807. The Morgan fingerprint density at radius 2 is 2.11 bits per heavy atom. The van der Waals surface area contributed by atoms with E-state index in [0.29, 0.717) is 17.4 Å². The molecular weight excluding hydrogens is 314 g/mol. The molecule has 1 amide bonds. The van der Waals surface area contributed by atoms with Gasteiger partial charge < -0.3 is 5.32 Å². The first-order valence-corrected chi connectivity index (χ1v) is 7.41. The first kappa shape index (κ1) is 15.5. The molecule has 2 nitrogen and oxygen atoms in total. The first-order chi connectivity index (χ1) is 8.45. The molecule has 4 heteroatoms. The van der Waals surface area contributed by atoms with Gasteiger partial charge in [-0.05, 0) is 43.0 Å². The Balaban J connectivity index is 2.77. The van der Waals surface area contributed by atoms with Crippen LogP contribution in [0.2, 0.25) is 0 Å². The van der Waals surface area contributed by atoms with E-state index in [9.17, 15) is 4.79 Å². The Labute approximate surface area is 122 Å². The van der Waals surface area contributed by atoms with Crippen LogP contribution in [0.3, 0.4) is 0 Å². The molecule has 1 unspecified atom stereocenters. The van der Waals surface area contributed by atoms with Gasteiger partial charge >= 0.3 is 0 Å². The molecule has 0 aliphatic heterocycles. The second-order valence-corrected chi connectivity index (χ2v) is 6.00. The molecule has 1 atom stereocenters. The molecule has 0 spiro atoms. The molecule has 1 rings (SSSR count). The van der Waals surface area contributed by atoms with E-state index < -0.39 is 0 Å². The summed E-state index contributed by atoms with van der Waals surface area (Å²) in [7, 11) is 0. The minimum absolute atomic E-state index is 0.0329. The molecule has 1 N–H and O–H groups in total. The maximum absolute atomic E-state index is 12.1. The molecule has 0 fully saturated rings.